The monoisotopic (exact) mass is 268 g/mol. The second-order valence-electron chi connectivity index (χ2n) is 4.58. The van der Waals surface area contributed by atoms with Crippen molar-refractivity contribution in [3.63, 3.8) is 0 Å². The van der Waals surface area contributed by atoms with E-state index in [0.29, 0.717) is 6.54 Å². The highest BCUT2D eigenvalue weighted by molar-refractivity contribution is 5.79. The first-order valence-corrected chi connectivity index (χ1v) is 6.04. The molecule has 0 aliphatic carbocycles. The Balaban J connectivity index is 2.18. The number of hydrogen-bond donors (Lipinski definition) is 2. The molecule has 0 saturated carbocycles. The number of carbonyl (C=O) groups excluding carboxylic acids is 1. The quantitative estimate of drug-likeness (QED) is 0.784. The first kappa shape index (κ1) is 15.2. The number of nitrogens with one attached hydrogen (secondary N) is 2. The van der Waals surface area contributed by atoms with Crippen LogP contribution in [0.3, 0.4) is 0 Å². The lowest BCUT2D eigenvalue weighted by atomic mass is 9.98. The van der Waals surface area contributed by atoms with Gasteiger partial charge in [0.25, 0.3) is 0 Å². The fraction of sp³-hybridized carbons (Fsp3) is 0.909. The molecule has 2 atom stereocenters. The number of piperidine rings is 1. The van der Waals surface area contributed by atoms with Crippen LogP contribution in [0.25, 0.3) is 0 Å². The number of halogens is 3. The topological polar surface area (TPSA) is 50.4 Å². The van der Waals surface area contributed by atoms with E-state index in [9.17, 15) is 18.0 Å². The van der Waals surface area contributed by atoms with Gasteiger partial charge in [0.05, 0.1) is 12.5 Å². The van der Waals surface area contributed by atoms with E-state index in [1.54, 1.807) is 6.92 Å². The predicted molar refractivity (Wildman–Crippen MR) is 60.1 cm³/mol. The summed E-state index contributed by atoms with van der Waals surface area (Å²) in [5.74, 6) is -0.214. The molecular weight excluding hydrogens is 249 g/mol. The third-order valence-corrected chi connectivity index (χ3v) is 2.69. The summed E-state index contributed by atoms with van der Waals surface area (Å²) in [5.41, 5.74) is 0. The fourth-order valence-electron chi connectivity index (χ4n) is 1.83. The Morgan fingerprint density at radius 3 is 2.83 bits per heavy atom. The van der Waals surface area contributed by atoms with Gasteiger partial charge in [-0.3, -0.25) is 4.79 Å². The van der Waals surface area contributed by atoms with Gasteiger partial charge in [-0.25, -0.2) is 0 Å². The molecule has 18 heavy (non-hydrogen) atoms. The molecule has 1 heterocycles. The summed E-state index contributed by atoms with van der Waals surface area (Å²) >= 11 is 0. The first-order chi connectivity index (χ1) is 8.38. The molecule has 0 aromatic rings. The maximum absolute atomic E-state index is 11.8. The Kier molecular flexibility index (Phi) is 5.87. The third kappa shape index (κ3) is 6.20. The van der Waals surface area contributed by atoms with Crippen molar-refractivity contribution >= 4 is 5.91 Å². The van der Waals surface area contributed by atoms with Crippen molar-refractivity contribution in [3.8, 4) is 0 Å². The van der Waals surface area contributed by atoms with E-state index in [0.717, 1.165) is 19.4 Å². The largest absolute Gasteiger partial charge is 0.411 e. The molecule has 7 heteroatoms. The minimum Gasteiger partial charge on any atom is -0.370 e. The summed E-state index contributed by atoms with van der Waals surface area (Å²) in [7, 11) is 0. The van der Waals surface area contributed by atoms with Crippen molar-refractivity contribution in [2.45, 2.75) is 32.0 Å². The van der Waals surface area contributed by atoms with Crippen LogP contribution in [0.1, 0.15) is 19.8 Å². The molecule has 2 unspecified atom stereocenters. The standard InChI is InChI=1S/C11H19F3N2O2/c1-8(6-18-7-11(12,13)14)16-10(17)9-3-2-4-15-5-9/h8-9,15H,2-7H2,1H3,(H,16,17). The second-order valence-corrected chi connectivity index (χ2v) is 4.58. The molecule has 0 radical (unpaired) electrons. The Morgan fingerprint density at radius 2 is 2.28 bits per heavy atom. The lowest BCUT2D eigenvalue weighted by Crippen LogP contribution is -2.45. The van der Waals surface area contributed by atoms with Crippen LogP contribution in [0, 0.1) is 5.92 Å². The van der Waals surface area contributed by atoms with Crippen LogP contribution < -0.4 is 10.6 Å². The molecule has 0 bridgehead atoms. The van der Waals surface area contributed by atoms with Crippen LogP contribution in [0.2, 0.25) is 0 Å². The Morgan fingerprint density at radius 1 is 1.56 bits per heavy atom. The maximum Gasteiger partial charge on any atom is 0.411 e. The summed E-state index contributed by atoms with van der Waals surface area (Å²) in [6.07, 6.45) is -2.57. The number of ether oxygens (including phenoxy) is 1. The maximum atomic E-state index is 11.8. The highest BCUT2D eigenvalue weighted by Crippen LogP contribution is 2.14. The van der Waals surface area contributed by atoms with Crippen molar-refractivity contribution in [3.05, 3.63) is 0 Å². The molecule has 0 spiro atoms. The summed E-state index contributed by atoms with van der Waals surface area (Å²) in [4.78, 5) is 11.7. The van der Waals surface area contributed by atoms with E-state index in [-0.39, 0.29) is 18.4 Å². The van der Waals surface area contributed by atoms with Crippen molar-refractivity contribution < 1.29 is 22.7 Å². The molecule has 1 aliphatic rings. The van der Waals surface area contributed by atoms with Gasteiger partial charge in [-0.15, -0.1) is 0 Å². The van der Waals surface area contributed by atoms with Crippen LogP contribution in [-0.4, -0.2) is 44.4 Å². The normalized spacial score (nSPS) is 22.6. The number of amides is 1. The number of carbonyl (C=O) groups is 1. The molecule has 0 aromatic carbocycles. The SMILES string of the molecule is CC(COCC(F)(F)F)NC(=O)C1CCCNC1. The molecular formula is C11H19F3N2O2. The molecule has 1 aliphatic heterocycles. The molecule has 1 saturated heterocycles. The summed E-state index contributed by atoms with van der Waals surface area (Å²) < 4.78 is 40.0. The smallest absolute Gasteiger partial charge is 0.370 e. The Labute approximate surface area is 104 Å². The van der Waals surface area contributed by atoms with Gasteiger partial charge < -0.3 is 15.4 Å². The van der Waals surface area contributed by atoms with Gasteiger partial charge >= 0.3 is 6.18 Å². The molecule has 1 fully saturated rings. The third-order valence-electron chi connectivity index (χ3n) is 2.69. The van der Waals surface area contributed by atoms with E-state index in [2.05, 4.69) is 15.4 Å². The van der Waals surface area contributed by atoms with Crippen LogP contribution in [0.5, 0.6) is 0 Å². The van der Waals surface area contributed by atoms with Gasteiger partial charge in [0.15, 0.2) is 0 Å². The molecule has 4 nitrogen and oxygen atoms in total. The van der Waals surface area contributed by atoms with E-state index in [1.807, 2.05) is 0 Å². The van der Waals surface area contributed by atoms with Crippen molar-refractivity contribution in [1.82, 2.24) is 10.6 Å². The van der Waals surface area contributed by atoms with Gasteiger partial charge in [0.1, 0.15) is 6.61 Å². The zero-order valence-corrected chi connectivity index (χ0v) is 10.3. The van der Waals surface area contributed by atoms with Crippen molar-refractivity contribution in [2.24, 2.45) is 5.92 Å². The molecule has 0 aromatic heterocycles. The zero-order chi connectivity index (χ0) is 13.6. The summed E-state index contributed by atoms with van der Waals surface area (Å²) in [5, 5.41) is 5.78. The highest BCUT2D eigenvalue weighted by atomic mass is 19.4. The number of alkyl halides is 3. The Bertz CT molecular complexity index is 266. The summed E-state index contributed by atoms with van der Waals surface area (Å²) in [6, 6.07) is -0.415. The van der Waals surface area contributed by atoms with Crippen LogP contribution in [-0.2, 0) is 9.53 Å². The van der Waals surface area contributed by atoms with Gasteiger partial charge in [-0.1, -0.05) is 0 Å². The van der Waals surface area contributed by atoms with Crippen molar-refractivity contribution in [1.29, 1.82) is 0 Å². The first-order valence-electron chi connectivity index (χ1n) is 6.04. The van der Waals surface area contributed by atoms with Crippen LogP contribution in [0.4, 0.5) is 13.2 Å². The lowest BCUT2D eigenvalue weighted by molar-refractivity contribution is -0.175. The lowest BCUT2D eigenvalue weighted by Gasteiger charge is -2.24. The van der Waals surface area contributed by atoms with Gasteiger partial charge in [0.2, 0.25) is 5.91 Å². The number of hydrogen-bond acceptors (Lipinski definition) is 3. The van der Waals surface area contributed by atoms with Gasteiger partial charge in [-0.05, 0) is 26.3 Å². The van der Waals surface area contributed by atoms with Crippen molar-refractivity contribution in [2.75, 3.05) is 26.3 Å². The van der Waals surface area contributed by atoms with Gasteiger partial charge in [-0.2, -0.15) is 13.2 Å². The van der Waals surface area contributed by atoms with Crippen LogP contribution >= 0.6 is 0 Å². The van der Waals surface area contributed by atoms with E-state index in [4.69, 9.17) is 0 Å². The summed E-state index contributed by atoms with van der Waals surface area (Å²) in [6.45, 7) is 1.75. The second kappa shape index (κ2) is 6.94. The average molecular weight is 268 g/mol. The van der Waals surface area contributed by atoms with Crippen LogP contribution in [0.15, 0.2) is 0 Å². The molecule has 1 amide bonds. The predicted octanol–water partition coefficient (Wildman–Crippen LogP) is 1.07. The van der Waals surface area contributed by atoms with E-state index >= 15 is 0 Å². The Hall–Kier alpha value is -0.820. The minimum atomic E-state index is -4.32. The minimum absolute atomic E-state index is 0.0937. The molecule has 106 valence electrons. The number of rotatable bonds is 5. The van der Waals surface area contributed by atoms with E-state index in [1.165, 1.54) is 0 Å². The molecule has 1 rings (SSSR count). The molecule has 2 N–H and O–H groups in total. The average Bonchev–Trinajstić information content (AvgIpc) is 2.28. The zero-order valence-electron chi connectivity index (χ0n) is 10.3. The van der Waals surface area contributed by atoms with Gasteiger partial charge in [0, 0.05) is 12.6 Å². The highest BCUT2D eigenvalue weighted by Gasteiger charge is 2.28. The fourth-order valence-corrected chi connectivity index (χ4v) is 1.83. The van der Waals surface area contributed by atoms with E-state index < -0.39 is 18.8 Å².